The van der Waals surface area contributed by atoms with Crippen molar-refractivity contribution in [2.45, 2.75) is 0 Å². The smallest absolute Gasteiger partial charge is 0.171 e. The highest BCUT2D eigenvalue weighted by molar-refractivity contribution is 7.85. The second kappa shape index (κ2) is 9.06. The highest BCUT2D eigenvalue weighted by Crippen LogP contribution is 2.44. The Kier molecular flexibility index (Phi) is 5.39. The van der Waals surface area contributed by atoms with Crippen LogP contribution < -0.4 is 15.9 Å². The van der Waals surface area contributed by atoms with Gasteiger partial charge in [0.05, 0.1) is 11.2 Å². The molecule has 0 saturated carbocycles. The van der Waals surface area contributed by atoms with E-state index in [9.17, 15) is 0 Å². The first-order valence-electron chi connectivity index (χ1n) is 12.6. The van der Waals surface area contributed by atoms with Crippen LogP contribution in [0.2, 0.25) is 0 Å². The molecule has 0 aliphatic heterocycles. The van der Waals surface area contributed by atoms with Gasteiger partial charge in [-0.1, -0.05) is 109 Å². The lowest BCUT2D eigenvalue weighted by Gasteiger charge is -2.21. The summed E-state index contributed by atoms with van der Waals surface area (Å²) in [7, 11) is -3.13. The lowest BCUT2D eigenvalue weighted by atomic mass is 9.96. The molecule has 2 heterocycles. The molecule has 5 aromatic carbocycles. The van der Waals surface area contributed by atoms with E-state index in [-0.39, 0.29) is 0 Å². The maximum atomic E-state index is 15.1. The van der Waals surface area contributed by atoms with E-state index in [1.54, 1.807) is 6.20 Å². The lowest BCUT2D eigenvalue weighted by Crippen LogP contribution is -2.25. The van der Waals surface area contributed by atoms with Gasteiger partial charge in [-0.25, -0.2) is 4.98 Å². The zero-order valence-corrected chi connectivity index (χ0v) is 21.4. The molecule has 0 aliphatic carbocycles. The first kappa shape index (κ1) is 22.6. The number of rotatable bonds is 4. The van der Waals surface area contributed by atoms with E-state index in [1.165, 1.54) is 10.8 Å². The second-order valence-corrected chi connectivity index (χ2v) is 12.2. The quantitative estimate of drug-likeness (QED) is 0.187. The molecule has 2 aromatic heterocycles. The van der Waals surface area contributed by atoms with Crippen LogP contribution in [0.15, 0.2) is 140 Å². The molecule has 0 aliphatic rings. The molecule has 0 bridgehead atoms. The summed E-state index contributed by atoms with van der Waals surface area (Å²) in [5.41, 5.74) is 2.64. The normalized spacial score (nSPS) is 11.8. The molecule has 0 unspecified atom stereocenters. The van der Waals surface area contributed by atoms with Crippen molar-refractivity contribution in [3.63, 3.8) is 0 Å². The number of nitrogens with zero attached hydrogens (tertiary/aromatic N) is 2. The minimum atomic E-state index is -3.13. The zero-order chi connectivity index (χ0) is 25.5. The molecule has 0 N–H and O–H groups in total. The summed E-state index contributed by atoms with van der Waals surface area (Å²) in [4.78, 5) is 9.54. The molecule has 0 amide bonds. The predicted molar refractivity (Wildman–Crippen MR) is 159 cm³/mol. The molecule has 7 rings (SSSR count). The molecule has 180 valence electrons. The predicted octanol–water partition coefficient (Wildman–Crippen LogP) is 7.24. The molecular formula is C34H23N2OP. The van der Waals surface area contributed by atoms with Crippen molar-refractivity contribution in [2.24, 2.45) is 0 Å². The molecule has 3 nitrogen and oxygen atoms in total. The Balaban J connectivity index is 1.59. The van der Waals surface area contributed by atoms with Crippen LogP contribution in [0.5, 0.6) is 0 Å². The molecule has 0 fully saturated rings. The molecular weight excluding hydrogens is 483 g/mol. The van der Waals surface area contributed by atoms with Crippen LogP contribution in [0.3, 0.4) is 0 Å². The average Bonchev–Trinajstić information content (AvgIpc) is 3.01. The van der Waals surface area contributed by atoms with E-state index in [0.29, 0.717) is 0 Å². The second-order valence-electron chi connectivity index (χ2n) is 9.39. The topological polar surface area (TPSA) is 42.9 Å². The van der Waals surface area contributed by atoms with E-state index < -0.39 is 7.14 Å². The minimum Gasteiger partial charge on any atom is -0.309 e. The first-order chi connectivity index (χ1) is 18.7. The van der Waals surface area contributed by atoms with Crippen molar-refractivity contribution < 1.29 is 4.57 Å². The molecule has 4 heteroatoms. The standard InChI is InChI=1S/C34H23N2OP/c37-38(26-12-3-1-4-13-26,27-14-5-2-6-15-27)28-18-20-30-32(22-28)36-34(25-11-9-21-35-23-25)31-19-17-24-10-7-8-16-29(24)33(30)31/h1-23H. The van der Waals surface area contributed by atoms with Crippen molar-refractivity contribution in [3.05, 3.63) is 140 Å². The van der Waals surface area contributed by atoms with E-state index in [4.69, 9.17) is 4.98 Å². The van der Waals surface area contributed by atoms with Gasteiger partial charge in [0.2, 0.25) is 0 Å². The van der Waals surface area contributed by atoms with Crippen LogP contribution >= 0.6 is 7.14 Å². The van der Waals surface area contributed by atoms with Crippen LogP contribution in [0.1, 0.15) is 0 Å². The number of hydrogen-bond acceptors (Lipinski definition) is 3. The van der Waals surface area contributed by atoms with Crippen LogP contribution in [0.4, 0.5) is 0 Å². The Morgan fingerprint density at radius 2 is 1.24 bits per heavy atom. The Morgan fingerprint density at radius 1 is 0.553 bits per heavy atom. The largest absolute Gasteiger partial charge is 0.309 e. The summed E-state index contributed by atoms with van der Waals surface area (Å²) in [5, 5.41) is 8.00. The SMILES string of the molecule is O=P(c1ccccc1)(c1ccccc1)c1ccc2c(c1)nc(-c1cccnc1)c1ccc3ccccc3c12. The van der Waals surface area contributed by atoms with Gasteiger partial charge in [-0.2, -0.15) is 0 Å². The fourth-order valence-electron chi connectivity index (χ4n) is 5.41. The van der Waals surface area contributed by atoms with Gasteiger partial charge in [-0.3, -0.25) is 4.98 Å². The molecule has 0 spiro atoms. The molecule has 0 radical (unpaired) electrons. The molecule has 38 heavy (non-hydrogen) atoms. The summed E-state index contributed by atoms with van der Waals surface area (Å²) in [6.07, 6.45) is 3.63. The Hall–Kier alpha value is -4.59. The summed E-state index contributed by atoms with van der Waals surface area (Å²) in [6, 6.07) is 42.4. The summed E-state index contributed by atoms with van der Waals surface area (Å²) < 4.78 is 15.1. The monoisotopic (exact) mass is 506 g/mol. The molecule has 0 atom stereocenters. The highest BCUT2D eigenvalue weighted by Gasteiger charge is 2.30. The van der Waals surface area contributed by atoms with Crippen molar-refractivity contribution in [1.29, 1.82) is 0 Å². The van der Waals surface area contributed by atoms with Gasteiger partial charge in [-0.05, 0) is 29.0 Å². The molecule has 0 saturated heterocycles. The van der Waals surface area contributed by atoms with E-state index in [1.807, 2.05) is 91.1 Å². The van der Waals surface area contributed by atoms with E-state index in [0.717, 1.165) is 48.8 Å². The van der Waals surface area contributed by atoms with Gasteiger partial charge < -0.3 is 4.57 Å². The number of fused-ring (bicyclic) bond motifs is 5. The number of benzene rings is 5. The summed E-state index contributed by atoms with van der Waals surface area (Å²) in [5.74, 6) is 0. The summed E-state index contributed by atoms with van der Waals surface area (Å²) in [6.45, 7) is 0. The van der Waals surface area contributed by atoms with Gasteiger partial charge in [0.25, 0.3) is 0 Å². The van der Waals surface area contributed by atoms with Crippen molar-refractivity contribution in [3.8, 4) is 11.3 Å². The fourth-order valence-corrected chi connectivity index (χ4v) is 8.07. The van der Waals surface area contributed by atoms with Crippen molar-refractivity contribution >= 4 is 55.5 Å². The van der Waals surface area contributed by atoms with E-state index >= 15 is 4.57 Å². The molecule has 7 aromatic rings. The Bertz CT molecular complexity index is 1950. The van der Waals surface area contributed by atoms with Crippen LogP contribution in [-0.2, 0) is 4.57 Å². The fraction of sp³-hybridized carbons (Fsp3) is 0. The van der Waals surface area contributed by atoms with E-state index in [2.05, 4.69) is 47.4 Å². The summed E-state index contributed by atoms with van der Waals surface area (Å²) >= 11 is 0. The number of pyridine rings is 2. The third-order valence-electron chi connectivity index (χ3n) is 7.21. The van der Waals surface area contributed by atoms with Crippen LogP contribution in [0, 0.1) is 0 Å². The third kappa shape index (κ3) is 3.55. The number of aromatic nitrogens is 2. The van der Waals surface area contributed by atoms with Gasteiger partial charge >= 0.3 is 0 Å². The van der Waals surface area contributed by atoms with Crippen LogP contribution in [0.25, 0.3) is 43.7 Å². The van der Waals surface area contributed by atoms with Gasteiger partial charge in [0, 0.05) is 50.0 Å². The Morgan fingerprint density at radius 3 is 1.95 bits per heavy atom. The third-order valence-corrected chi connectivity index (χ3v) is 10.3. The van der Waals surface area contributed by atoms with Gasteiger partial charge in [0.1, 0.15) is 0 Å². The highest BCUT2D eigenvalue weighted by atomic mass is 31.2. The Labute approximate surface area is 220 Å². The maximum absolute atomic E-state index is 15.1. The average molecular weight is 507 g/mol. The van der Waals surface area contributed by atoms with Gasteiger partial charge in [0.15, 0.2) is 7.14 Å². The lowest BCUT2D eigenvalue weighted by molar-refractivity contribution is 0.592. The van der Waals surface area contributed by atoms with Crippen molar-refractivity contribution in [1.82, 2.24) is 9.97 Å². The van der Waals surface area contributed by atoms with Gasteiger partial charge in [-0.15, -0.1) is 0 Å². The number of hydrogen-bond donors (Lipinski definition) is 0. The first-order valence-corrected chi connectivity index (χ1v) is 14.3. The van der Waals surface area contributed by atoms with Crippen molar-refractivity contribution in [2.75, 3.05) is 0 Å². The minimum absolute atomic E-state index is 0.770. The maximum Gasteiger partial charge on any atom is 0.171 e. The zero-order valence-electron chi connectivity index (χ0n) is 20.5. The van der Waals surface area contributed by atoms with Crippen LogP contribution in [-0.4, -0.2) is 9.97 Å².